The van der Waals surface area contributed by atoms with Crippen LogP contribution in [0.2, 0.25) is 5.02 Å². The molecule has 0 unspecified atom stereocenters. The number of halogens is 1. The maximum Gasteiger partial charge on any atom is 0.410 e. The smallest absolute Gasteiger partial charge is 0.410 e. The van der Waals surface area contributed by atoms with Gasteiger partial charge in [0.2, 0.25) is 0 Å². The molecule has 1 fully saturated rings. The lowest BCUT2D eigenvalue weighted by atomic mass is 10.1. The number of hydrogen-bond donors (Lipinski definition) is 0. The van der Waals surface area contributed by atoms with E-state index < -0.39 is 11.7 Å². The van der Waals surface area contributed by atoms with E-state index in [2.05, 4.69) is 0 Å². The van der Waals surface area contributed by atoms with Crippen LogP contribution in [0.1, 0.15) is 51.0 Å². The van der Waals surface area contributed by atoms with Gasteiger partial charge in [-0.2, -0.15) is 0 Å². The van der Waals surface area contributed by atoms with Crippen molar-refractivity contribution in [2.45, 2.75) is 52.2 Å². The van der Waals surface area contributed by atoms with Crippen molar-refractivity contribution in [3.05, 3.63) is 69.2 Å². The fraction of sp³-hybridized carbons (Fsp3) is 0.375. The number of nitrogens with zero attached hydrogens (tertiary/aromatic N) is 3. The van der Waals surface area contributed by atoms with Crippen LogP contribution in [0.15, 0.2) is 47.3 Å². The zero-order chi connectivity index (χ0) is 22.3. The number of hydrogen-bond acceptors (Lipinski definition) is 4. The summed E-state index contributed by atoms with van der Waals surface area (Å²) in [6, 6.07) is 12.5. The number of aromatic nitrogens is 2. The van der Waals surface area contributed by atoms with Gasteiger partial charge in [0.15, 0.2) is 0 Å². The zero-order valence-corrected chi connectivity index (χ0v) is 18.9. The first-order valence-corrected chi connectivity index (χ1v) is 10.8. The van der Waals surface area contributed by atoms with Crippen LogP contribution in [0.25, 0.3) is 16.6 Å². The Kier molecular flexibility index (Phi) is 5.52. The van der Waals surface area contributed by atoms with E-state index in [4.69, 9.17) is 21.3 Å². The standard InChI is InChI=1S/C24H26ClN3O3/c1-15-8-5-9-16(14-15)28-21(26-18-11-6-10-17(25)20(18)22(28)29)19-12-7-13-27(19)23(30)31-24(2,3)4/h5-6,8-11,14,19H,7,12-13H2,1-4H3/t19-/m0/s1. The second-order valence-corrected chi connectivity index (χ2v) is 9.32. The summed E-state index contributed by atoms with van der Waals surface area (Å²) in [7, 11) is 0. The Labute approximate surface area is 186 Å². The fourth-order valence-electron chi connectivity index (χ4n) is 4.02. The molecule has 2 aromatic carbocycles. The summed E-state index contributed by atoms with van der Waals surface area (Å²) in [4.78, 5) is 33.1. The first kappa shape index (κ1) is 21.4. The highest BCUT2D eigenvalue weighted by atomic mass is 35.5. The minimum absolute atomic E-state index is 0.243. The fourth-order valence-corrected chi connectivity index (χ4v) is 4.27. The summed E-state index contributed by atoms with van der Waals surface area (Å²) < 4.78 is 7.22. The number of ether oxygens (including phenoxy) is 1. The largest absolute Gasteiger partial charge is 0.444 e. The Bertz CT molecular complexity index is 1210. The summed E-state index contributed by atoms with van der Waals surface area (Å²) in [6.45, 7) is 8.05. The molecule has 0 aliphatic carbocycles. The van der Waals surface area contributed by atoms with Gasteiger partial charge in [-0.3, -0.25) is 14.3 Å². The Hall–Kier alpha value is -2.86. The van der Waals surface area contributed by atoms with Crippen molar-refractivity contribution < 1.29 is 9.53 Å². The maximum atomic E-state index is 13.6. The number of amides is 1. The summed E-state index contributed by atoms with van der Waals surface area (Å²) in [5.74, 6) is 0.522. The van der Waals surface area contributed by atoms with Gasteiger partial charge in [0.1, 0.15) is 11.4 Å². The van der Waals surface area contributed by atoms with Gasteiger partial charge in [-0.05, 0) is 70.4 Å². The van der Waals surface area contributed by atoms with Crippen LogP contribution in [0.3, 0.4) is 0 Å². The molecule has 1 aromatic heterocycles. The van der Waals surface area contributed by atoms with Gasteiger partial charge in [-0.1, -0.05) is 29.8 Å². The van der Waals surface area contributed by atoms with E-state index in [-0.39, 0.29) is 11.6 Å². The molecule has 0 saturated carbocycles. The Morgan fingerprint density at radius 1 is 1.19 bits per heavy atom. The van der Waals surface area contributed by atoms with Gasteiger partial charge >= 0.3 is 6.09 Å². The minimum atomic E-state index is -0.606. The van der Waals surface area contributed by atoms with Gasteiger partial charge in [-0.25, -0.2) is 9.78 Å². The Morgan fingerprint density at radius 2 is 1.94 bits per heavy atom. The molecular formula is C24H26ClN3O3. The van der Waals surface area contributed by atoms with Crippen LogP contribution in [0, 0.1) is 6.92 Å². The van der Waals surface area contributed by atoms with Gasteiger partial charge in [0.05, 0.1) is 27.7 Å². The molecule has 7 heteroatoms. The molecule has 162 valence electrons. The molecular weight excluding hydrogens is 414 g/mol. The van der Waals surface area contributed by atoms with Crippen LogP contribution in [-0.2, 0) is 4.74 Å². The average Bonchev–Trinajstić information content (AvgIpc) is 3.16. The molecule has 6 nitrogen and oxygen atoms in total. The summed E-state index contributed by atoms with van der Waals surface area (Å²) in [5, 5.41) is 0.731. The number of carbonyl (C=O) groups excluding carboxylic acids is 1. The number of rotatable bonds is 2. The molecule has 1 aliphatic rings. The summed E-state index contributed by atoms with van der Waals surface area (Å²) >= 11 is 6.38. The molecule has 1 aliphatic heterocycles. The first-order valence-electron chi connectivity index (χ1n) is 10.4. The Balaban J connectivity index is 1.93. The van der Waals surface area contributed by atoms with E-state index >= 15 is 0 Å². The van der Waals surface area contributed by atoms with Gasteiger partial charge in [0.25, 0.3) is 5.56 Å². The second-order valence-electron chi connectivity index (χ2n) is 8.92. The normalized spacial score (nSPS) is 16.7. The summed E-state index contributed by atoms with van der Waals surface area (Å²) in [6.07, 6.45) is 1.11. The van der Waals surface area contributed by atoms with Crippen molar-refractivity contribution in [1.29, 1.82) is 0 Å². The topological polar surface area (TPSA) is 64.4 Å². The van der Waals surface area contributed by atoms with Crippen LogP contribution in [0.5, 0.6) is 0 Å². The lowest BCUT2D eigenvalue weighted by molar-refractivity contribution is 0.0216. The van der Waals surface area contributed by atoms with Crippen LogP contribution < -0.4 is 5.56 Å². The van der Waals surface area contributed by atoms with Crippen LogP contribution in [-0.4, -0.2) is 32.7 Å². The van der Waals surface area contributed by atoms with E-state index in [1.165, 1.54) is 0 Å². The molecule has 1 saturated heterocycles. The number of fused-ring (bicyclic) bond motifs is 1. The zero-order valence-electron chi connectivity index (χ0n) is 18.2. The highest BCUT2D eigenvalue weighted by Gasteiger charge is 2.36. The molecule has 2 heterocycles. The number of carbonyl (C=O) groups is 1. The van der Waals surface area contributed by atoms with Crippen molar-refractivity contribution in [2.24, 2.45) is 0 Å². The van der Waals surface area contributed by atoms with E-state index in [9.17, 15) is 9.59 Å². The molecule has 1 atom stereocenters. The quantitative estimate of drug-likeness (QED) is 0.534. The third-order valence-electron chi connectivity index (χ3n) is 5.31. The predicted octanol–water partition coefficient (Wildman–Crippen LogP) is 5.42. The third-order valence-corrected chi connectivity index (χ3v) is 5.63. The van der Waals surface area contributed by atoms with Crippen molar-refractivity contribution in [1.82, 2.24) is 14.5 Å². The van der Waals surface area contributed by atoms with E-state index in [1.807, 2.05) is 52.0 Å². The average molecular weight is 440 g/mol. The minimum Gasteiger partial charge on any atom is -0.444 e. The van der Waals surface area contributed by atoms with Crippen LogP contribution in [0.4, 0.5) is 4.79 Å². The third kappa shape index (κ3) is 4.17. The number of aryl methyl sites for hydroxylation is 1. The van der Waals surface area contributed by atoms with E-state index in [0.717, 1.165) is 12.0 Å². The highest BCUT2D eigenvalue weighted by Crippen LogP contribution is 2.34. The molecule has 1 amide bonds. The highest BCUT2D eigenvalue weighted by molar-refractivity contribution is 6.35. The summed E-state index contributed by atoms with van der Waals surface area (Å²) in [5.41, 5.74) is 1.39. The lowest BCUT2D eigenvalue weighted by Crippen LogP contribution is -2.38. The predicted molar refractivity (Wildman–Crippen MR) is 122 cm³/mol. The van der Waals surface area contributed by atoms with E-state index in [0.29, 0.717) is 40.4 Å². The van der Waals surface area contributed by atoms with Crippen molar-refractivity contribution in [2.75, 3.05) is 6.54 Å². The SMILES string of the molecule is Cc1cccc(-n2c([C@@H]3CCCN3C(=O)OC(C)(C)C)nc3cccc(Cl)c3c2=O)c1. The molecule has 31 heavy (non-hydrogen) atoms. The molecule has 0 N–H and O–H groups in total. The van der Waals surface area contributed by atoms with Crippen LogP contribution >= 0.6 is 11.6 Å². The van der Waals surface area contributed by atoms with E-state index in [1.54, 1.807) is 27.7 Å². The molecule has 4 rings (SSSR count). The number of likely N-dealkylation sites (tertiary alicyclic amines) is 1. The molecule has 0 spiro atoms. The van der Waals surface area contributed by atoms with Crippen molar-refractivity contribution in [3.8, 4) is 5.69 Å². The van der Waals surface area contributed by atoms with Crippen molar-refractivity contribution in [3.63, 3.8) is 0 Å². The second kappa shape index (κ2) is 8.00. The molecule has 3 aromatic rings. The maximum absolute atomic E-state index is 13.6. The molecule has 0 radical (unpaired) electrons. The van der Waals surface area contributed by atoms with Gasteiger partial charge in [0, 0.05) is 6.54 Å². The monoisotopic (exact) mass is 439 g/mol. The van der Waals surface area contributed by atoms with Gasteiger partial charge < -0.3 is 4.74 Å². The van der Waals surface area contributed by atoms with Crippen molar-refractivity contribution >= 4 is 28.6 Å². The molecule has 0 bridgehead atoms. The first-order chi connectivity index (χ1) is 14.7. The van der Waals surface area contributed by atoms with Gasteiger partial charge in [-0.15, -0.1) is 0 Å². The number of benzene rings is 2. The Morgan fingerprint density at radius 3 is 2.65 bits per heavy atom. The lowest BCUT2D eigenvalue weighted by Gasteiger charge is -2.29.